The predicted octanol–water partition coefficient (Wildman–Crippen LogP) is 1.86. The van der Waals surface area contributed by atoms with Crippen molar-refractivity contribution in [2.75, 3.05) is 18.2 Å². The second-order valence-corrected chi connectivity index (χ2v) is 3.21. The third-order valence-corrected chi connectivity index (χ3v) is 2.14. The molecule has 0 saturated heterocycles. The highest BCUT2D eigenvalue weighted by molar-refractivity contribution is 6.28. The highest BCUT2D eigenvalue weighted by Gasteiger charge is 2.09. The SMILES string of the molecule is CNc1cc([N+](=O)[O-])ccc1N=C(N)CCl. The molecule has 0 fully saturated rings. The second kappa shape index (κ2) is 5.32. The van der Waals surface area contributed by atoms with Gasteiger partial charge in [-0.3, -0.25) is 10.1 Å². The van der Waals surface area contributed by atoms with Crippen LogP contribution >= 0.6 is 11.6 Å². The number of nitro groups is 1. The molecule has 1 aromatic rings. The molecule has 0 spiro atoms. The summed E-state index contributed by atoms with van der Waals surface area (Å²) in [5.41, 5.74) is 6.53. The normalized spacial score (nSPS) is 11.2. The molecule has 0 amide bonds. The smallest absolute Gasteiger partial charge is 0.271 e. The average molecular weight is 243 g/mol. The molecule has 0 aliphatic rings. The van der Waals surface area contributed by atoms with Gasteiger partial charge in [0.15, 0.2) is 0 Å². The summed E-state index contributed by atoms with van der Waals surface area (Å²) in [6.45, 7) is 0. The van der Waals surface area contributed by atoms with Crippen molar-refractivity contribution in [1.29, 1.82) is 0 Å². The quantitative estimate of drug-likeness (QED) is 0.277. The summed E-state index contributed by atoms with van der Waals surface area (Å²) in [6, 6.07) is 4.27. The summed E-state index contributed by atoms with van der Waals surface area (Å²) < 4.78 is 0. The zero-order chi connectivity index (χ0) is 12.1. The zero-order valence-electron chi connectivity index (χ0n) is 8.61. The Morgan fingerprint density at radius 2 is 2.38 bits per heavy atom. The van der Waals surface area contributed by atoms with E-state index in [9.17, 15) is 10.1 Å². The lowest BCUT2D eigenvalue weighted by atomic mass is 10.2. The van der Waals surface area contributed by atoms with Crippen LogP contribution in [0.25, 0.3) is 0 Å². The van der Waals surface area contributed by atoms with Crippen LogP contribution < -0.4 is 11.1 Å². The summed E-state index contributed by atoms with van der Waals surface area (Å²) in [5.74, 6) is 0.368. The van der Waals surface area contributed by atoms with Crippen molar-refractivity contribution >= 4 is 34.5 Å². The van der Waals surface area contributed by atoms with E-state index >= 15 is 0 Å². The zero-order valence-corrected chi connectivity index (χ0v) is 9.36. The van der Waals surface area contributed by atoms with Crippen molar-refractivity contribution in [2.24, 2.45) is 10.7 Å². The molecule has 1 rings (SSSR count). The highest BCUT2D eigenvalue weighted by Crippen LogP contribution is 2.28. The van der Waals surface area contributed by atoms with E-state index in [4.69, 9.17) is 17.3 Å². The van der Waals surface area contributed by atoms with E-state index in [-0.39, 0.29) is 17.4 Å². The maximum atomic E-state index is 10.6. The van der Waals surface area contributed by atoms with Gasteiger partial charge in [-0.05, 0) is 6.07 Å². The minimum Gasteiger partial charge on any atom is -0.386 e. The number of hydrogen-bond donors (Lipinski definition) is 2. The number of nitrogens with two attached hydrogens (primary N) is 1. The molecule has 0 unspecified atom stereocenters. The van der Waals surface area contributed by atoms with E-state index in [1.165, 1.54) is 18.2 Å². The number of anilines is 1. The van der Waals surface area contributed by atoms with Gasteiger partial charge in [0.2, 0.25) is 0 Å². The van der Waals surface area contributed by atoms with Crippen molar-refractivity contribution in [1.82, 2.24) is 0 Å². The molecule has 0 aromatic heterocycles. The average Bonchev–Trinajstić information content (AvgIpc) is 2.29. The first kappa shape index (κ1) is 12.3. The molecule has 0 saturated carbocycles. The highest BCUT2D eigenvalue weighted by atomic mass is 35.5. The number of nitrogens with one attached hydrogen (secondary N) is 1. The Balaban J connectivity index is 3.17. The maximum Gasteiger partial charge on any atom is 0.271 e. The lowest BCUT2D eigenvalue weighted by Crippen LogP contribution is -2.12. The molecule has 3 N–H and O–H groups in total. The number of nitrogens with zero attached hydrogens (tertiary/aromatic N) is 2. The van der Waals surface area contributed by atoms with Gasteiger partial charge in [0.1, 0.15) is 5.84 Å². The van der Waals surface area contributed by atoms with E-state index in [2.05, 4.69) is 10.3 Å². The molecular weight excluding hydrogens is 232 g/mol. The number of nitro benzene ring substituents is 1. The minimum atomic E-state index is -0.473. The molecule has 0 heterocycles. The Morgan fingerprint density at radius 1 is 1.69 bits per heavy atom. The molecule has 1 aromatic carbocycles. The van der Waals surface area contributed by atoms with Crippen molar-refractivity contribution in [3.63, 3.8) is 0 Å². The van der Waals surface area contributed by atoms with Crippen LogP contribution in [0.15, 0.2) is 23.2 Å². The fourth-order valence-corrected chi connectivity index (χ4v) is 1.18. The Labute approximate surface area is 97.3 Å². The topological polar surface area (TPSA) is 93.5 Å². The number of amidine groups is 1. The van der Waals surface area contributed by atoms with Gasteiger partial charge in [0.25, 0.3) is 5.69 Å². The lowest BCUT2D eigenvalue weighted by molar-refractivity contribution is -0.384. The van der Waals surface area contributed by atoms with Gasteiger partial charge in [-0.2, -0.15) is 0 Å². The number of non-ortho nitro benzene ring substituents is 1. The van der Waals surface area contributed by atoms with Crippen LogP contribution in [0.5, 0.6) is 0 Å². The van der Waals surface area contributed by atoms with Crippen LogP contribution in [0.4, 0.5) is 17.1 Å². The molecule has 0 radical (unpaired) electrons. The molecule has 86 valence electrons. The first-order chi connectivity index (χ1) is 7.58. The van der Waals surface area contributed by atoms with Crippen LogP contribution in [0.3, 0.4) is 0 Å². The Hall–Kier alpha value is -1.82. The number of benzene rings is 1. The van der Waals surface area contributed by atoms with Gasteiger partial charge in [-0.15, -0.1) is 11.6 Å². The summed E-state index contributed by atoms with van der Waals surface area (Å²) in [7, 11) is 1.65. The van der Waals surface area contributed by atoms with Gasteiger partial charge in [0.05, 0.1) is 22.2 Å². The lowest BCUT2D eigenvalue weighted by Gasteiger charge is -2.05. The van der Waals surface area contributed by atoms with Crippen LogP contribution in [0.2, 0.25) is 0 Å². The molecule has 0 aliphatic carbocycles. The van der Waals surface area contributed by atoms with Gasteiger partial charge in [0, 0.05) is 19.2 Å². The van der Waals surface area contributed by atoms with Crippen LogP contribution in [-0.2, 0) is 0 Å². The van der Waals surface area contributed by atoms with Crippen LogP contribution in [0, 0.1) is 10.1 Å². The summed E-state index contributed by atoms with van der Waals surface area (Å²) in [6.07, 6.45) is 0. The first-order valence-corrected chi connectivity index (χ1v) is 4.97. The van der Waals surface area contributed by atoms with Crippen molar-refractivity contribution in [2.45, 2.75) is 0 Å². The molecule has 0 bridgehead atoms. The third kappa shape index (κ3) is 2.83. The van der Waals surface area contributed by atoms with E-state index in [1.807, 2.05) is 0 Å². The summed E-state index contributed by atoms with van der Waals surface area (Å²) in [5, 5.41) is 13.4. The van der Waals surface area contributed by atoms with Crippen molar-refractivity contribution < 1.29 is 4.92 Å². The number of rotatable bonds is 4. The number of hydrogen-bond acceptors (Lipinski definition) is 4. The van der Waals surface area contributed by atoms with Gasteiger partial charge in [-0.1, -0.05) is 0 Å². The minimum absolute atomic E-state index is 0.00672. The standard InChI is InChI=1S/C9H11ClN4O2/c1-12-8-4-6(14(15)16)2-3-7(8)13-9(11)5-10/h2-4,12H,5H2,1H3,(H2,11,13). The predicted molar refractivity (Wildman–Crippen MR) is 64.6 cm³/mol. The molecule has 0 atom stereocenters. The largest absolute Gasteiger partial charge is 0.386 e. The summed E-state index contributed by atoms with van der Waals surface area (Å²) >= 11 is 5.49. The molecule has 6 nitrogen and oxygen atoms in total. The number of aliphatic imine (C=N–C) groups is 1. The maximum absolute atomic E-state index is 10.6. The third-order valence-electron chi connectivity index (χ3n) is 1.86. The Morgan fingerprint density at radius 3 is 2.88 bits per heavy atom. The monoisotopic (exact) mass is 242 g/mol. The first-order valence-electron chi connectivity index (χ1n) is 4.43. The van der Waals surface area contributed by atoms with Gasteiger partial charge < -0.3 is 11.1 Å². The van der Waals surface area contributed by atoms with Gasteiger partial charge >= 0.3 is 0 Å². The van der Waals surface area contributed by atoms with E-state index in [1.54, 1.807) is 7.05 Å². The van der Waals surface area contributed by atoms with Crippen LogP contribution in [-0.4, -0.2) is 23.7 Å². The van der Waals surface area contributed by atoms with Gasteiger partial charge in [-0.25, -0.2) is 4.99 Å². The van der Waals surface area contributed by atoms with E-state index in [0.717, 1.165) is 0 Å². The Kier molecular flexibility index (Phi) is 4.07. The summed E-state index contributed by atoms with van der Waals surface area (Å²) in [4.78, 5) is 14.1. The molecule has 0 aliphatic heterocycles. The molecule has 7 heteroatoms. The fourth-order valence-electron chi connectivity index (χ4n) is 1.12. The second-order valence-electron chi connectivity index (χ2n) is 2.95. The number of halogens is 1. The Bertz CT molecular complexity index is 434. The molecule has 16 heavy (non-hydrogen) atoms. The van der Waals surface area contributed by atoms with Crippen LogP contribution in [0.1, 0.15) is 0 Å². The fraction of sp³-hybridized carbons (Fsp3) is 0.222. The number of alkyl halides is 1. The van der Waals surface area contributed by atoms with Crippen molar-refractivity contribution in [3.05, 3.63) is 28.3 Å². The van der Waals surface area contributed by atoms with E-state index in [0.29, 0.717) is 11.4 Å². The van der Waals surface area contributed by atoms with E-state index < -0.39 is 4.92 Å². The molecular formula is C9H11ClN4O2. The van der Waals surface area contributed by atoms with Crippen molar-refractivity contribution in [3.8, 4) is 0 Å².